The molecule has 70 heavy (non-hydrogen) atoms. The summed E-state index contributed by atoms with van der Waals surface area (Å²) in [5.74, 6) is -2.44. The molecule has 0 aliphatic rings. The van der Waals surface area contributed by atoms with Crippen molar-refractivity contribution < 1.29 is 20.9 Å². The number of carbonyl (C=O) groups is 1. The largest absolute Gasteiger partial charge is 0.481 e. The Hall–Kier alpha value is -8.53. The van der Waals surface area contributed by atoms with Crippen molar-refractivity contribution in [1.29, 1.82) is 0 Å². The van der Waals surface area contributed by atoms with Gasteiger partial charge in [-0.25, -0.2) is 28.8 Å². The Morgan fingerprint density at radius 2 is 0.529 bits per heavy atom. The monoisotopic (exact) mass is 984 g/mol. The van der Waals surface area contributed by atoms with Gasteiger partial charge in [0.15, 0.2) is 0 Å². The first-order valence-corrected chi connectivity index (χ1v) is 20.8. The van der Waals surface area contributed by atoms with E-state index in [-0.39, 0.29) is 47.0 Å². The standard InChI is InChI=1S/C14H16N4O6.2C14H18N4O4.2H2O/c1-7-3-17(13(23)15-10(7)19)5-9(12(21)22)6-18-4-8(2)11(20)16-14(18)24;2*1-8(4-17-6-9(2)11(19)15-13(17)21)5-18-7-10(3)12(20)16-14(18)22;;/h3-4,9H,5-6H2,1-2H3,(H,21,22)(H,15,19,23)(H,16,20,24);2*6-8H,4-5H2,1-3H3,(H,15,19,21)(H,16,20,22);2*1H2. The molecular weight excluding hydrogens is 929 g/mol. The molecule has 0 aliphatic heterocycles. The Morgan fingerprint density at radius 3 is 0.686 bits per heavy atom. The van der Waals surface area contributed by atoms with Crippen molar-refractivity contribution in [3.8, 4) is 0 Å². The number of nitrogens with one attached hydrogen (secondary N) is 6. The molecule has 0 saturated carbocycles. The maximum absolute atomic E-state index is 11.8. The molecule has 11 N–H and O–H groups in total. The number of nitrogens with zero attached hydrogens (tertiary/aromatic N) is 6. The molecule has 0 amide bonds. The van der Waals surface area contributed by atoms with Crippen LogP contribution >= 0.6 is 0 Å². The highest BCUT2D eigenvalue weighted by atomic mass is 16.4. The van der Waals surface area contributed by atoms with Crippen molar-refractivity contribution in [3.05, 3.63) is 196 Å². The van der Waals surface area contributed by atoms with Crippen LogP contribution in [0.2, 0.25) is 0 Å². The molecule has 0 spiro atoms. The quantitative estimate of drug-likeness (QED) is 0.0573. The topological polar surface area (TPSA) is 429 Å². The van der Waals surface area contributed by atoms with Crippen LogP contribution in [0.25, 0.3) is 0 Å². The van der Waals surface area contributed by atoms with Crippen LogP contribution in [0.1, 0.15) is 47.2 Å². The number of aliphatic carboxylic acids is 1. The van der Waals surface area contributed by atoms with E-state index in [9.17, 15) is 67.4 Å². The number of H-pyrrole nitrogens is 6. The zero-order valence-electron chi connectivity index (χ0n) is 39.4. The lowest BCUT2D eigenvalue weighted by Gasteiger charge is -2.15. The molecule has 6 aromatic heterocycles. The lowest BCUT2D eigenvalue weighted by molar-refractivity contribution is -0.142. The van der Waals surface area contributed by atoms with E-state index >= 15 is 0 Å². The van der Waals surface area contributed by atoms with Gasteiger partial charge in [0, 0.05) is 110 Å². The fourth-order valence-corrected chi connectivity index (χ4v) is 6.67. The average molecular weight is 985 g/mol. The molecule has 6 aromatic rings. The number of rotatable bonds is 13. The molecular formula is C42H56N12O16. The molecule has 0 fully saturated rings. The molecule has 0 atom stereocenters. The first kappa shape index (κ1) is 57.6. The summed E-state index contributed by atoms with van der Waals surface area (Å²) in [6.45, 7) is 14.1. The number of aromatic nitrogens is 12. The fraction of sp³-hybridized carbons (Fsp3) is 0.405. The highest BCUT2D eigenvalue weighted by molar-refractivity contribution is 5.69. The normalized spacial score (nSPS) is 10.7. The maximum atomic E-state index is 11.8. The first-order valence-electron chi connectivity index (χ1n) is 20.8. The third kappa shape index (κ3) is 15.2. The van der Waals surface area contributed by atoms with Gasteiger partial charge in [-0.2, -0.15) is 0 Å². The summed E-state index contributed by atoms with van der Waals surface area (Å²) in [4.78, 5) is 163. The van der Waals surface area contributed by atoms with Crippen molar-refractivity contribution in [2.45, 2.75) is 94.7 Å². The molecule has 6 rings (SSSR count). The summed E-state index contributed by atoms with van der Waals surface area (Å²) < 4.78 is 7.77. The SMILES string of the molecule is Cc1cn(CC(C)Cn2cc(C)c(=O)[nH]c2=O)c(=O)[nH]c1=O.Cc1cn(CC(C)Cn2cc(C)c(=O)[nH]c2=O)c(=O)[nH]c1=O.Cc1cn(CC(Cn2cc(C)c(=O)[nH]c2=O)C(=O)O)c(=O)[nH]c1=O.O.O. The predicted octanol–water partition coefficient (Wildman–Crippen LogP) is -4.57. The molecule has 0 radical (unpaired) electrons. The number of hydrogen-bond acceptors (Lipinski definition) is 13. The molecule has 6 heterocycles. The lowest BCUT2D eigenvalue weighted by Crippen LogP contribution is -2.38. The Morgan fingerprint density at radius 1 is 0.371 bits per heavy atom. The second-order valence-electron chi connectivity index (χ2n) is 16.6. The fourth-order valence-electron chi connectivity index (χ4n) is 6.67. The second-order valence-corrected chi connectivity index (χ2v) is 16.6. The van der Waals surface area contributed by atoms with E-state index in [1.165, 1.54) is 69.3 Å². The summed E-state index contributed by atoms with van der Waals surface area (Å²) in [6, 6.07) is 0. The third-order valence-corrected chi connectivity index (χ3v) is 10.4. The van der Waals surface area contributed by atoms with Gasteiger partial charge in [-0.1, -0.05) is 13.8 Å². The van der Waals surface area contributed by atoms with E-state index in [0.717, 1.165) is 9.13 Å². The van der Waals surface area contributed by atoms with Crippen molar-refractivity contribution in [3.63, 3.8) is 0 Å². The molecule has 28 heteroatoms. The van der Waals surface area contributed by atoms with Gasteiger partial charge >= 0.3 is 40.1 Å². The van der Waals surface area contributed by atoms with Crippen LogP contribution < -0.4 is 67.5 Å². The highest BCUT2D eigenvalue weighted by Gasteiger charge is 2.21. The lowest BCUT2D eigenvalue weighted by atomic mass is 10.1. The highest BCUT2D eigenvalue weighted by Crippen LogP contribution is 2.06. The van der Waals surface area contributed by atoms with Crippen LogP contribution in [-0.4, -0.2) is 79.3 Å². The number of aromatic amines is 6. The van der Waals surface area contributed by atoms with Crippen LogP contribution in [0.4, 0.5) is 0 Å². The minimum absolute atomic E-state index is 0. The molecule has 0 unspecified atom stereocenters. The summed E-state index contributed by atoms with van der Waals surface area (Å²) >= 11 is 0. The van der Waals surface area contributed by atoms with Gasteiger partial charge in [-0.15, -0.1) is 0 Å². The van der Waals surface area contributed by atoms with Gasteiger partial charge in [0.05, 0.1) is 5.92 Å². The summed E-state index contributed by atoms with van der Waals surface area (Å²) in [7, 11) is 0. The molecule has 0 bridgehead atoms. The van der Waals surface area contributed by atoms with Gasteiger partial charge in [0.2, 0.25) is 0 Å². The molecule has 0 saturated heterocycles. The van der Waals surface area contributed by atoms with Gasteiger partial charge in [-0.05, 0) is 53.4 Å². The number of aryl methyl sites for hydroxylation is 6. The molecule has 28 nitrogen and oxygen atoms in total. The Kier molecular flexibility index (Phi) is 20.1. The number of carboxylic acid groups (broad SMARTS) is 1. The summed E-state index contributed by atoms with van der Waals surface area (Å²) in [6.07, 6.45) is 8.52. The number of carboxylic acids is 1. The zero-order chi connectivity index (χ0) is 50.9. The van der Waals surface area contributed by atoms with Crippen molar-refractivity contribution in [2.75, 3.05) is 0 Å². The van der Waals surface area contributed by atoms with Gasteiger partial charge in [0.25, 0.3) is 33.4 Å². The number of hydrogen-bond donors (Lipinski definition) is 7. The van der Waals surface area contributed by atoms with Crippen molar-refractivity contribution >= 4 is 5.97 Å². The van der Waals surface area contributed by atoms with Crippen LogP contribution in [0.5, 0.6) is 0 Å². The zero-order valence-corrected chi connectivity index (χ0v) is 39.4. The van der Waals surface area contributed by atoms with Gasteiger partial charge in [-0.3, -0.25) is 90.9 Å². The Balaban J connectivity index is 0.000000355. The minimum Gasteiger partial charge on any atom is -0.481 e. The summed E-state index contributed by atoms with van der Waals surface area (Å²) in [5, 5.41) is 9.35. The van der Waals surface area contributed by atoms with Gasteiger partial charge < -0.3 is 16.1 Å². The van der Waals surface area contributed by atoms with Crippen LogP contribution in [0, 0.1) is 59.3 Å². The third-order valence-electron chi connectivity index (χ3n) is 10.4. The minimum atomic E-state index is -1.22. The van der Waals surface area contributed by atoms with E-state index < -0.39 is 79.4 Å². The van der Waals surface area contributed by atoms with E-state index in [0.29, 0.717) is 48.4 Å². The first-order chi connectivity index (χ1) is 31.7. The summed E-state index contributed by atoms with van der Waals surface area (Å²) in [5.41, 5.74) is -3.77. The maximum Gasteiger partial charge on any atom is 0.328 e. The van der Waals surface area contributed by atoms with Crippen LogP contribution in [0.15, 0.2) is 94.7 Å². The molecule has 380 valence electrons. The smallest absolute Gasteiger partial charge is 0.328 e. The van der Waals surface area contributed by atoms with Crippen molar-refractivity contribution in [1.82, 2.24) is 57.3 Å². The molecule has 0 aromatic carbocycles. The van der Waals surface area contributed by atoms with Crippen LogP contribution in [-0.2, 0) is 44.1 Å². The van der Waals surface area contributed by atoms with E-state index in [1.807, 2.05) is 13.8 Å². The molecule has 0 aliphatic carbocycles. The Bertz CT molecular complexity index is 3210. The van der Waals surface area contributed by atoms with E-state index in [1.54, 1.807) is 27.7 Å². The predicted molar refractivity (Wildman–Crippen MR) is 253 cm³/mol. The van der Waals surface area contributed by atoms with E-state index in [4.69, 9.17) is 0 Å². The Labute approximate surface area is 391 Å². The van der Waals surface area contributed by atoms with Crippen molar-refractivity contribution in [2.24, 2.45) is 17.8 Å². The average Bonchev–Trinajstić information content (AvgIpc) is 3.24. The second kappa shape index (κ2) is 24.5. The van der Waals surface area contributed by atoms with Gasteiger partial charge in [0.1, 0.15) is 0 Å². The van der Waals surface area contributed by atoms with E-state index in [2.05, 4.69) is 29.9 Å². The van der Waals surface area contributed by atoms with Crippen LogP contribution in [0.3, 0.4) is 0 Å².